The second-order valence-electron chi connectivity index (χ2n) is 8.18. The van der Waals surface area contributed by atoms with E-state index in [1.165, 1.54) is 17.2 Å². The Morgan fingerprint density at radius 3 is 2.64 bits per heavy atom. The summed E-state index contributed by atoms with van der Waals surface area (Å²) in [5, 5.41) is 6.28. The number of hydrogen-bond donors (Lipinski definition) is 4. The van der Waals surface area contributed by atoms with Crippen molar-refractivity contribution in [3.63, 3.8) is 0 Å². The number of hydrogen-bond acceptors (Lipinski definition) is 5. The van der Waals surface area contributed by atoms with Crippen LogP contribution in [0.15, 0.2) is 102 Å². The molecule has 1 aliphatic rings. The molecular formula is C27H33N5O. The summed E-state index contributed by atoms with van der Waals surface area (Å²) in [6.45, 7) is 3.64. The summed E-state index contributed by atoms with van der Waals surface area (Å²) in [7, 11) is 2.02. The standard InChI is InChI=1S/C27H33N5O/c1-4-9-27(33)30-23-13-8-12-22(18-23)24-16-21(15-20-10-6-5-7-11-20)17-26(32(24)3)31-25(29)14-19(2)28/h4-14,16-18,24-25,31H,15,28-29H2,1-3H3,(H,30,33)/b9-4+,19-14-. The van der Waals surface area contributed by atoms with Crippen LogP contribution in [0.3, 0.4) is 0 Å². The van der Waals surface area contributed by atoms with Gasteiger partial charge in [0, 0.05) is 18.4 Å². The zero-order chi connectivity index (χ0) is 23.8. The first-order chi connectivity index (χ1) is 15.9. The van der Waals surface area contributed by atoms with Gasteiger partial charge >= 0.3 is 0 Å². The van der Waals surface area contributed by atoms with E-state index in [0.717, 1.165) is 23.5 Å². The first-order valence-corrected chi connectivity index (χ1v) is 11.0. The van der Waals surface area contributed by atoms with Gasteiger partial charge in [0.05, 0.1) is 12.2 Å². The number of likely N-dealkylation sites (N-methyl/N-ethyl adjacent to an activating group) is 1. The molecule has 1 heterocycles. The Bertz CT molecular complexity index is 1080. The zero-order valence-electron chi connectivity index (χ0n) is 19.5. The Morgan fingerprint density at radius 1 is 1.18 bits per heavy atom. The van der Waals surface area contributed by atoms with Crippen LogP contribution in [0.5, 0.6) is 0 Å². The molecule has 0 spiro atoms. The van der Waals surface area contributed by atoms with Crippen LogP contribution in [0.1, 0.15) is 31.0 Å². The smallest absolute Gasteiger partial charge is 0.248 e. The Labute approximate surface area is 196 Å². The minimum Gasteiger partial charge on any atom is -0.402 e. The monoisotopic (exact) mass is 443 g/mol. The second-order valence-corrected chi connectivity index (χ2v) is 8.18. The molecular weight excluding hydrogens is 410 g/mol. The van der Waals surface area contributed by atoms with Crippen LogP contribution in [0, 0.1) is 0 Å². The van der Waals surface area contributed by atoms with Crippen LogP contribution in [-0.2, 0) is 11.2 Å². The van der Waals surface area contributed by atoms with E-state index in [9.17, 15) is 4.79 Å². The quantitative estimate of drug-likeness (QED) is 0.366. The van der Waals surface area contributed by atoms with E-state index in [0.29, 0.717) is 5.70 Å². The van der Waals surface area contributed by atoms with Gasteiger partial charge in [0.2, 0.25) is 5.91 Å². The van der Waals surface area contributed by atoms with Gasteiger partial charge in [-0.05, 0) is 67.3 Å². The van der Waals surface area contributed by atoms with Gasteiger partial charge in [-0.25, -0.2) is 0 Å². The topological polar surface area (TPSA) is 96.4 Å². The largest absolute Gasteiger partial charge is 0.402 e. The normalized spacial score (nSPS) is 17.4. The fourth-order valence-corrected chi connectivity index (χ4v) is 3.83. The van der Waals surface area contributed by atoms with Gasteiger partial charge in [-0.1, -0.05) is 54.6 Å². The van der Waals surface area contributed by atoms with Crippen LogP contribution in [0.2, 0.25) is 0 Å². The van der Waals surface area contributed by atoms with E-state index >= 15 is 0 Å². The van der Waals surface area contributed by atoms with E-state index in [1.807, 2.05) is 57.3 Å². The SMILES string of the molecule is C/C=C/C(=O)Nc1cccc(C2C=C(Cc3ccccc3)C=C(NC(N)/C=C(/C)N)N2C)c1. The summed E-state index contributed by atoms with van der Waals surface area (Å²) in [6.07, 6.45) is 9.78. The maximum atomic E-state index is 12.0. The lowest BCUT2D eigenvalue weighted by Crippen LogP contribution is -2.42. The molecule has 2 unspecified atom stereocenters. The molecule has 0 aliphatic carbocycles. The Kier molecular flexibility index (Phi) is 8.11. The number of carbonyl (C=O) groups excluding carboxylic acids is 1. The maximum absolute atomic E-state index is 12.0. The molecule has 0 fully saturated rings. The van der Waals surface area contributed by atoms with Crippen molar-refractivity contribution in [2.24, 2.45) is 11.5 Å². The third kappa shape index (κ3) is 6.85. The number of nitrogens with zero attached hydrogens (tertiary/aromatic N) is 1. The minimum atomic E-state index is -0.410. The molecule has 33 heavy (non-hydrogen) atoms. The van der Waals surface area contributed by atoms with E-state index in [4.69, 9.17) is 11.5 Å². The van der Waals surface area contributed by atoms with Crippen LogP contribution in [0.25, 0.3) is 0 Å². The summed E-state index contributed by atoms with van der Waals surface area (Å²) in [5.74, 6) is 0.755. The number of nitrogens with two attached hydrogens (primary N) is 2. The third-order valence-corrected chi connectivity index (χ3v) is 5.31. The number of allylic oxidation sites excluding steroid dienone is 4. The van der Waals surface area contributed by atoms with Gasteiger partial charge < -0.3 is 27.0 Å². The fourth-order valence-electron chi connectivity index (χ4n) is 3.83. The molecule has 2 atom stereocenters. The van der Waals surface area contributed by atoms with Gasteiger partial charge in [-0.15, -0.1) is 0 Å². The highest BCUT2D eigenvalue weighted by Gasteiger charge is 2.23. The van der Waals surface area contributed by atoms with E-state index < -0.39 is 6.17 Å². The number of amides is 1. The average molecular weight is 444 g/mol. The summed E-state index contributed by atoms with van der Waals surface area (Å²) < 4.78 is 0. The van der Waals surface area contributed by atoms with Crippen molar-refractivity contribution in [3.8, 4) is 0 Å². The highest BCUT2D eigenvalue weighted by molar-refractivity contribution is 5.99. The number of carbonyl (C=O) groups is 1. The molecule has 0 saturated heterocycles. The molecule has 6 N–H and O–H groups in total. The lowest BCUT2D eigenvalue weighted by atomic mass is 9.95. The van der Waals surface area contributed by atoms with Crippen LogP contribution in [-0.4, -0.2) is 24.0 Å². The number of rotatable bonds is 8. The molecule has 0 bridgehead atoms. The summed E-state index contributed by atoms with van der Waals surface area (Å²) in [6, 6.07) is 18.2. The predicted octanol–water partition coefficient (Wildman–Crippen LogP) is 3.94. The van der Waals surface area contributed by atoms with Crippen molar-refractivity contribution < 1.29 is 4.79 Å². The Balaban J connectivity index is 1.93. The highest BCUT2D eigenvalue weighted by Crippen LogP contribution is 2.32. The Hall–Kier alpha value is -3.77. The number of anilines is 1. The second kappa shape index (κ2) is 11.2. The lowest BCUT2D eigenvalue weighted by Gasteiger charge is -2.36. The van der Waals surface area contributed by atoms with Crippen molar-refractivity contribution in [1.29, 1.82) is 0 Å². The molecule has 6 nitrogen and oxygen atoms in total. The first-order valence-electron chi connectivity index (χ1n) is 11.0. The molecule has 2 aromatic rings. The van der Waals surface area contributed by atoms with Crippen LogP contribution >= 0.6 is 0 Å². The fraction of sp³-hybridized carbons (Fsp3) is 0.222. The van der Waals surface area contributed by atoms with Gasteiger partial charge in [-0.3, -0.25) is 4.79 Å². The van der Waals surface area contributed by atoms with Crippen molar-refractivity contribution in [3.05, 3.63) is 113 Å². The van der Waals surface area contributed by atoms with Crippen molar-refractivity contribution in [1.82, 2.24) is 10.2 Å². The Morgan fingerprint density at radius 2 is 1.94 bits per heavy atom. The van der Waals surface area contributed by atoms with Crippen molar-refractivity contribution in [2.45, 2.75) is 32.5 Å². The van der Waals surface area contributed by atoms with E-state index in [2.05, 4.69) is 45.9 Å². The van der Waals surface area contributed by atoms with E-state index in [-0.39, 0.29) is 11.9 Å². The highest BCUT2D eigenvalue weighted by atomic mass is 16.1. The van der Waals surface area contributed by atoms with Crippen molar-refractivity contribution >= 4 is 11.6 Å². The van der Waals surface area contributed by atoms with Crippen LogP contribution < -0.4 is 22.1 Å². The first kappa shape index (κ1) is 23.9. The molecule has 6 heteroatoms. The molecule has 0 saturated carbocycles. The molecule has 2 aromatic carbocycles. The molecule has 0 aromatic heterocycles. The number of benzene rings is 2. The van der Waals surface area contributed by atoms with Crippen molar-refractivity contribution in [2.75, 3.05) is 12.4 Å². The third-order valence-electron chi connectivity index (χ3n) is 5.31. The number of nitrogens with one attached hydrogen (secondary N) is 2. The van der Waals surface area contributed by atoms with Gasteiger partial charge in [0.1, 0.15) is 5.82 Å². The summed E-state index contributed by atoms with van der Waals surface area (Å²) in [4.78, 5) is 14.2. The summed E-state index contributed by atoms with van der Waals surface area (Å²) in [5.41, 5.74) is 17.0. The molecule has 3 rings (SSSR count). The molecule has 1 amide bonds. The van der Waals surface area contributed by atoms with E-state index in [1.54, 1.807) is 12.2 Å². The summed E-state index contributed by atoms with van der Waals surface area (Å²) >= 11 is 0. The maximum Gasteiger partial charge on any atom is 0.248 e. The molecule has 0 radical (unpaired) electrons. The minimum absolute atomic E-state index is 0.0371. The lowest BCUT2D eigenvalue weighted by molar-refractivity contribution is -0.111. The van der Waals surface area contributed by atoms with Gasteiger partial charge in [-0.2, -0.15) is 0 Å². The van der Waals surface area contributed by atoms with Gasteiger partial charge in [0.25, 0.3) is 0 Å². The average Bonchev–Trinajstić information content (AvgIpc) is 2.76. The molecule has 172 valence electrons. The zero-order valence-corrected chi connectivity index (χ0v) is 19.5. The van der Waals surface area contributed by atoms with Gasteiger partial charge in [0.15, 0.2) is 0 Å². The predicted molar refractivity (Wildman–Crippen MR) is 136 cm³/mol. The van der Waals surface area contributed by atoms with Crippen LogP contribution in [0.4, 0.5) is 5.69 Å². The molecule has 1 aliphatic heterocycles.